The minimum absolute atomic E-state index is 0.220. The van der Waals surface area contributed by atoms with Gasteiger partial charge in [-0.15, -0.1) is 0 Å². The lowest BCUT2D eigenvalue weighted by atomic mass is 10.3. The van der Waals surface area contributed by atoms with Crippen molar-refractivity contribution in [2.24, 2.45) is 0 Å². The van der Waals surface area contributed by atoms with E-state index in [1.54, 1.807) is 4.90 Å². The van der Waals surface area contributed by atoms with Gasteiger partial charge in [0.05, 0.1) is 5.69 Å². The highest BCUT2D eigenvalue weighted by Crippen LogP contribution is 2.19. The van der Waals surface area contributed by atoms with Crippen LogP contribution in [0.25, 0.3) is 0 Å². The van der Waals surface area contributed by atoms with Crippen LogP contribution < -0.4 is 4.90 Å². The fourth-order valence-corrected chi connectivity index (χ4v) is 1.45. The van der Waals surface area contributed by atoms with E-state index in [4.69, 9.17) is 0 Å². The number of carbonyl (C=O) groups is 1. The Hall–Kier alpha value is -1.31. The zero-order valence-electron chi connectivity index (χ0n) is 6.79. The van der Waals surface area contributed by atoms with Gasteiger partial charge in [0.2, 0.25) is 5.91 Å². The maximum absolute atomic E-state index is 11.3. The van der Waals surface area contributed by atoms with E-state index in [-0.39, 0.29) is 5.91 Å². The van der Waals surface area contributed by atoms with Crippen LogP contribution in [0.2, 0.25) is 0 Å². The second-order valence-corrected chi connectivity index (χ2v) is 2.90. The number of anilines is 1. The first-order valence-electron chi connectivity index (χ1n) is 4.15. The van der Waals surface area contributed by atoms with Crippen LogP contribution in [0.1, 0.15) is 12.8 Å². The molecule has 2 heteroatoms. The molecule has 0 unspecified atom stereocenters. The molecular formula is C10H10NO. The van der Waals surface area contributed by atoms with E-state index >= 15 is 0 Å². The van der Waals surface area contributed by atoms with E-state index in [2.05, 4.69) is 6.07 Å². The number of carbonyl (C=O) groups excluding carboxylic acids is 1. The maximum Gasteiger partial charge on any atom is 0.227 e. The molecular weight excluding hydrogens is 150 g/mol. The first-order chi connectivity index (χ1) is 5.88. The molecule has 1 amide bonds. The summed E-state index contributed by atoms with van der Waals surface area (Å²) in [5.41, 5.74) is 0.903. The molecule has 2 nitrogen and oxygen atoms in total. The average Bonchev–Trinajstić information content (AvgIpc) is 2.53. The predicted molar refractivity (Wildman–Crippen MR) is 46.9 cm³/mol. The number of rotatable bonds is 1. The summed E-state index contributed by atoms with van der Waals surface area (Å²) in [5, 5.41) is 0. The van der Waals surface area contributed by atoms with Crippen LogP contribution in [0.4, 0.5) is 5.69 Å². The molecule has 1 aliphatic rings. The van der Waals surface area contributed by atoms with E-state index in [1.165, 1.54) is 0 Å². The van der Waals surface area contributed by atoms with Crippen molar-refractivity contribution in [1.29, 1.82) is 0 Å². The molecule has 1 heterocycles. The second-order valence-electron chi connectivity index (χ2n) is 2.90. The number of benzene rings is 1. The molecule has 1 saturated heterocycles. The van der Waals surface area contributed by atoms with Gasteiger partial charge in [0.1, 0.15) is 0 Å². The SMILES string of the molecule is O=C1CCCN1c1[c]cccc1. The number of para-hydroxylation sites is 1. The van der Waals surface area contributed by atoms with E-state index in [0.717, 1.165) is 18.7 Å². The van der Waals surface area contributed by atoms with E-state index in [0.29, 0.717) is 6.42 Å². The molecule has 1 aliphatic heterocycles. The van der Waals surface area contributed by atoms with Gasteiger partial charge in [-0.25, -0.2) is 0 Å². The molecule has 0 aromatic heterocycles. The molecule has 1 aromatic rings. The maximum atomic E-state index is 11.3. The van der Waals surface area contributed by atoms with Gasteiger partial charge in [0.25, 0.3) is 0 Å². The average molecular weight is 160 g/mol. The Morgan fingerprint density at radius 2 is 2.33 bits per heavy atom. The van der Waals surface area contributed by atoms with Crippen molar-refractivity contribution in [1.82, 2.24) is 0 Å². The quantitative estimate of drug-likeness (QED) is 0.611. The smallest absolute Gasteiger partial charge is 0.227 e. The highest BCUT2D eigenvalue weighted by atomic mass is 16.2. The first kappa shape index (κ1) is 7.35. The topological polar surface area (TPSA) is 20.3 Å². The summed E-state index contributed by atoms with van der Waals surface area (Å²) >= 11 is 0. The van der Waals surface area contributed by atoms with Gasteiger partial charge in [-0.2, -0.15) is 0 Å². The molecule has 12 heavy (non-hydrogen) atoms. The van der Waals surface area contributed by atoms with Crippen LogP contribution in [-0.4, -0.2) is 12.5 Å². The third-order valence-corrected chi connectivity index (χ3v) is 2.06. The van der Waals surface area contributed by atoms with Gasteiger partial charge >= 0.3 is 0 Å². The lowest BCUT2D eigenvalue weighted by Crippen LogP contribution is -2.23. The van der Waals surface area contributed by atoms with Crippen LogP contribution in [-0.2, 0) is 4.79 Å². The van der Waals surface area contributed by atoms with E-state index in [9.17, 15) is 4.79 Å². The zero-order valence-corrected chi connectivity index (χ0v) is 6.79. The van der Waals surface area contributed by atoms with Gasteiger partial charge in [-0.1, -0.05) is 18.2 Å². The minimum Gasteiger partial charge on any atom is -0.312 e. The molecule has 1 aromatic carbocycles. The Morgan fingerprint density at radius 1 is 1.42 bits per heavy atom. The van der Waals surface area contributed by atoms with Crippen molar-refractivity contribution in [3.05, 3.63) is 30.3 Å². The van der Waals surface area contributed by atoms with Crippen molar-refractivity contribution >= 4 is 11.6 Å². The standard InChI is InChI=1S/C10H10NO/c12-10-7-4-8-11(10)9-5-2-1-3-6-9/h1-3,5H,4,7-8H2. The van der Waals surface area contributed by atoms with Crippen molar-refractivity contribution in [2.75, 3.05) is 11.4 Å². The highest BCUT2D eigenvalue weighted by Gasteiger charge is 2.20. The van der Waals surface area contributed by atoms with Crippen molar-refractivity contribution < 1.29 is 4.79 Å². The summed E-state index contributed by atoms with van der Waals surface area (Å²) < 4.78 is 0. The first-order valence-corrected chi connectivity index (χ1v) is 4.15. The molecule has 1 radical (unpaired) electrons. The van der Waals surface area contributed by atoms with Gasteiger partial charge in [-0.3, -0.25) is 4.79 Å². The van der Waals surface area contributed by atoms with Crippen LogP contribution in [0, 0.1) is 6.07 Å². The van der Waals surface area contributed by atoms with Gasteiger partial charge in [-0.05, 0) is 12.5 Å². The largest absolute Gasteiger partial charge is 0.312 e. The fourth-order valence-electron chi connectivity index (χ4n) is 1.45. The molecule has 0 bridgehead atoms. The number of hydrogen-bond donors (Lipinski definition) is 0. The molecule has 61 valence electrons. The summed E-state index contributed by atoms with van der Waals surface area (Å²) in [6, 6.07) is 10.6. The highest BCUT2D eigenvalue weighted by molar-refractivity contribution is 5.95. The van der Waals surface area contributed by atoms with E-state index in [1.807, 2.05) is 24.3 Å². The molecule has 2 rings (SSSR count). The second kappa shape index (κ2) is 2.97. The summed E-state index contributed by atoms with van der Waals surface area (Å²) in [7, 11) is 0. The third-order valence-electron chi connectivity index (χ3n) is 2.06. The van der Waals surface area contributed by atoms with Crippen LogP contribution in [0.5, 0.6) is 0 Å². The van der Waals surface area contributed by atoms with Gasteiger partial charge in [0.15, 0.2) is 0 Å². The Kier molecular flexibility index (Phi) is 1.82. The molecule has 0 saturated carbocycles. The molecule has 0 N–H and O–H groups in total. The predicted octanol–water partition coefficient (Wildman–Crippen LogP) is 1.61. The van der Waals surface area contributed by atoms with Crippen LogP contribution in [0.3, 0.4) is 0 Å². The lowest BCUT2D eigenvalue weighted by Gasteiger charge is -2.14. The van der Waals surface area contributed by atoms with Gasteiger partial charge < -0.3 is 4.90 Å². The Morgan fingerprint density at radius 3 is 2.92 bits per heavy atom. The van der Waals surface area contributed by atoms with E-state index < -0.39 is 0 Å². The molecule has 0 atom stereocenters. The number of hydrogen-bond acceptors (Lipinski definition) is 1. The Bertz CT molecular complexity index is 281. The summed E-state index contributed by atoms with van der Waals surface area (Å²) in [4.78, 5) is 13.1. The van der Waals surface area contributed by atoms with Crippen molar-refractivity contribution in [3.63, 3.8) is 0 Å². The minimum atomic E-state index is 0.220. The molecule has 1 fully saturated rings. The fraction of sp³-hybridized carbons (Fsp3) is 0.300. The Balaban J connectivity index is 2.25. The summed E-state index contributed by atoms with van der Waals surface area (Å²) in [6.07, 6.45) is 1.66. The number of amides is 1. The molecule has 0 spiro atoms. The summed E-state index contributed by atoms with van der Waals surface area (Å²) in [6.45, 7) is 0.847. The monoisotopic (exact) mass is 160 g/mol. The number of nitrogens with zero attached hydrogens (tertiary/aromatic N) is 1. The van der Waals surface area contributed by atoms with Crippen LogP contribution in [0.15, 0.2) is 24.3 Å². The van der Waals surface area contributed by atoms with Crippen molar-refractivity contribution in [2.45, 2.75) is 12.8 Å². The normalized spacial score (nSPS) is 17.0. The van der Waals surface area contributed by atoms with Crippen LogP contribution >= 0.6 is 0 Å². The van der Waals surface area contributed by atoms with Gasteiger partial charge in [0, 0.05) is 19.0 Å². The third kappa shape index (κ3) is 1.20. The summed E-state index contributed by atoms with van der Waals surface area (Å²) in [5.74, 6) is 0.220. The zero-order chi connectivity index (χ0) is 8.39. The lowest BCUT2D eigenvalue weighted by molar-refractivity contribution is -0.117. The molecule has 0 aliphatic carbocycles. The van der Waals surface area contributed by atoms with Crippen molar-refractivity contribution in [3.8, 4) is 0 Å². The Labute approximate surface area is 71.8 Å².